The number of benzene rings is 2. The van der Waals surface area contributed by atoms with Crippen molar-refractivity contribution in [2.75, 3.05) is 6.61 Å². The SMILES string of the molecule is Cc1cc(C(=O)COc2ccc(C(N)=O)cc2)c(C)n1-c1ccc(Br)cc1. The molecular formula is C21H19BrN2O3. The van der Waals surface area contributed by atoms with Gasteiger partial charge in [-0.15, -0.1) is 0 Å². The monoisotopic (exact) mass is 426 g/mol. The molecule has 0 aliphatic rings. The Morgan fingerprint density at radius 3 is 2.26 bits per heavy atom. The molecule has 1 aromatic heterocycles. The van der Waals surface area contributed by atoms with Crippen LogP contribution in [0.2, 0.25) is 0 Å². The number of primary amides is 1. The van der Waals surface area contributed by atoms with Gasteiger partial charge in [-0.1, -0.05) is 15.9 Å². The molecular weight excluding hydrogens is 408 g/mol. The van der Waals surface area contributed by atoms with Crippen molar-refractivity contribution in [3.63, 3.8) is 0 Å². The van der Waals surface area contributed by atoms with Crippen LogP contribution in [-0.4, -0.2) is 22.9 Å². The van der Waals surface area contributed by atoms with E-state index in [0.717, 1.165) is 21.5 Å². The van der Waals surface area contributed by atoms with Gasteiger partial charge in [0.2, 0.25) is 11.7 Å². The second-order valence-corrected chi connectivity index (χ2v) is 7.11. The van der Waals surface area contributed by atoms with Crippen LogP contribution in [0.1, 0.15) is 32.1 Å². The minimum absolute atomic E-state index is 0.0828. The zero-order valence-electron chi connectivity index (χ0n) is 15.0. The number of aromatic nitrogens is 1. The third-order valence-corrected chi connectivity index (χ3v) is 4.85. The Hall–Kier alpha value is -2.86. The fourth-order valence-corrected chi connectivity index (χ4v) is 3.24. The molecule has 6 heteroatoms. The summed E-state index contributed by atoms with van der Waals surface area (Å²) >= 11 is 3.43. The first kappa shape index (κ1) is 18.9. The number of halogens is 1. The molecule has 1 amide bonds. The fourth-order valence-electron chi connectivity index (χ4n) is 2.97. The van der Waals surface area contributed by atoms with Crippen LogP contribution in [0, 0.1) is 13.8 Å². The summed E-state index contributed by atoms with van der Waals surface area (Å²) in [6.45, 7) is 3.81. The summed E-state index contributed by atoms with van der Waals surface area (Å²) in [5.74, 6) is -0.0986. The molecule has 0 spiro atoms. The molecule has 0 saturated carbocycles. The Kier molecular flexibility index (Phi) is 5.46. The quantitative estimate of drug-likeness (QED) is 0.599. The van der Waals surface area contributed by atoms with Crippen molar-refractivity contribution in [2.45, 2.75) is 13.8 Å². The van der Waals surface area contributed by atoms with Crippen molar-refractivity contribution in [3.05, 3.63) is 81.6 Å². The highest BCUT2D eigenvalue weighted by Gasteiger charge is 2.17. The molecule has 5 nitrogen and oxygen atoms in total. The summed E-state index contributed by atoms with van der Waals surface area (Å²) in [6.07, 6.45) is 0. The maximum Gasteiger partial charge on any atom is 0.248 e. The molecule has 138 valence electrons. The van der Waals surface area contributed by atoms with Crippen LogP contribution in [0.15, 0.2) is 59.1 Å². The van der Waals surface area contributed by atoms with Crippen molar-refractivity contribution in [3.8, 4) is 11.4 Å². The molecule has 3 rings (SSSR count). The highest BCUT2D eigenvalue weighted by atomic mass is 79.9. The van der Waals surface area contributed by atoms with Crippen LogP contribution < -0.4 is 10.5 Å². The van der Waals surface area contributed by atoms with E-state index in [2.05, 4.69) is 15.9 Å². The van der Waals surface area contributed by atoms with Gasteiger partial charge in [0.05, 0.1) is 0 Å². The third-order valence-electron chi connectivity index (χ3n) is 4.33. The number of Topliss-reactive ketones (excluding diaryl/α,β-unsaturated/α-hetero) is 1. The molecule has 0 aliphatic heterocycles. The fraction of sp³-hybridized carbons (Fsp3) is 0.143. The summed E-state index contributed by atoms with van der Waals surface area (Å²) in [5.41, 5.74) is 9.08. The van der Waals surface area contributed by atoms with Crippen molar-refractivity contribution in [1.82, 2.24) is 4.57 Å². The number of hydrogen-bond acceptors (Lipinski definition) is 3. The summed E-state index contributed by atoms with van der Waals surface area (Å²) < 4.78 is 8.61. The standard InChI is InChI=1S/C21H19BrN2O3/c1-13-11-19(14(2)24(13)17-7-5-16(22)6-8-17)20(25)12-27-18-9-3-15(4-10-18)21(23)26/h3-11H,12H2,1-2H3,(H2,23,26). The first-order valence-corrected chi connectivity index (χ1v) is 9.17. The lowest BCUT2D eigenvalue weighted by Gasteiger charge is -2.10. The molecule has 0 aliphatic carbocycles. The van der Waals surface area contributed by atoms with E-state index in [1.165, 1.54) is 0 Å². The minimum Gasteiger partial charge on any atom is -0.485 e. The van der Waals surface area contributed by atoms with Gasteiger partial charge in [0, 0.05) is 32.7 Å². The van der Waals surface area contributed by atoms with Crippen LogP contribution in [0.5, 0.6) is 5.75 Å². The smallest absolute Gasteiger partial charge is 0.248 e. The number of ketones is 1. The van der Waals surface area contributed by atoms with Gasteiger partial charge in [0.15, 0.2) is 6.61 Å². The van der Waals surface area contributed by atoms with E-state index in [0.29, 0.717) is 16.9 Å². The number of ether oxygens (including phenoxy) is 1. The van der Waals surface area contributed by atoms with Crippen LogP contribution >= 0.6 is 15.9 Å². The number of carbonyl (C=O) groups is 2. The summed E-state index contributed by atoms with van der Waals surface area (Å²) in [6, 6.07) is 16.2. The van der Waals surface area contributed by atoms with E-state index in [1.807, 2.05) is 48.7 Å². The normalized spacial score (nSPS) is 10.6. The predicted molar refractivity (Wildman–Crippen MR) is 108 cm³/mol. The van der Waals surface area contributed by atoms with E-state index in [9.17, 15) is 9.59 Å². The average molecular weight is 427 g/mol. The number of nitrogens with two attached hydrogens (primary N) is 1. The summed E-state index contributed by atoms with van der Waals surface area (Å²) in [4.78, 5) is 23.7. The first-order valence-electron chi connectivity index (χ1n) is 8.37. The first-order chi connectivity index (χ1) is 12.9. The molecule has 0 fully saturated rings. The number of carbonyl (C=O) groups excluding carboxylic acids is 2. The zero-order chi connectivity index (χ0) is 19.6. The van der Waals surface area contributed by atoms with Crippen LogP contribution in [0.4, 0.5) is 0 Å². The van der Waals surface area contributed by atoms with Gasteiger partial charge in [-0.05, 0) is 68.4 Å². The number of nitrogens with zero attached hydrogens (tertiary/aromatic N) is 1. The second-order valence-electron chi connectivity index (χ2n) is 6.20. The zero-order valence-corrected chi connectivity index (χ0v) is 16.6. The Balaban J connectivity index is 1.76. The minimum atomic E-state index is -0.502. The largest absolute Gasteiger partial charge is 0.485 e. The second kappa shape index (κ2) is 7.80. The van der Waals surface area contributed by atoms with Crippen molar-refractivity contribution in [2.24, 2.45) is 5.73 Å². The van der Waals surface area contributed by atoms with Crippen LogP contribution in [-0.2, 0) is 0 Å². The Bertz CT molecular complexity index is 990. The third kappa shape index (κ3) is 4.11. The molecule has 0 bridgehead atoms. The van der Waals surface area contributed by atoms with Gasteiger partial charge in [-0.2, -0.15) is 0 Å². The van der Waals surface area contributed by atoms with E-state index < -0.39 is 5.91 Å². The summed E-state index contributed by atoms with van der Waals surface area (Å²) in [7, 11) is 0. The molecule has 1 heterocycles. The van der Waals surface area contributed by atoms with Crippen LogP contribution in [0.3, 0.4) is 0 Å². The Labute approximate surface area is 165 Å². The lowest BCUT2D eigenvalue weighted by atomic mass is 10.1. The van der Waals surface area contributed by atoms with E-state index >= 15 is 0 Å². The maximum absolute atomic E-state index is 12.6. The van der Waals surface area contributed by atoms with Gasteiger partial charge in [0.1, 0.15) is 5.75 Å². The molecule has 0 atom stereocenters. The van der Waals surface area contributed by atoms with E-state index in [-0.39, 0.29) is 12.4 Å². The molecule has 2 N–H and O–H groups in total. The molecule has 0 radical (unpaired) electrons. The molecule has 27 heavy (non-hydrogen) atoms. The Morgan fingerprint density at radius 2 is 1.67 bits per heavy atom. The number of hydrogen-bond donors (Lipinski definition) is 1. The molecule has 0 saturated heterocycles. The van der Waals surface area contributed by atoms with Gasteiger partial charge >= 0.3 is 0 Å². The van der Waals surface area contributed by atoms with Crippen molar-refractivity contribution >= 4 is 27.6 Å². The number of amides is 1. The molecule has 3 aromatic rings. The van der Waals surface area contributed by atoms with Gasteiger partial charge in [-0.3, -0.25) is 9.59 Å². The van der Waals surface area contributed by atoms with Crippen molar-refractivity contribution < 1.29 is 14.3 Å². The highest BCUT2D eigenvalue weighted by molar-refractivity contribution is 9.10. The van der Waals surface area contributed by atoms with E-state index in [1.54, 1.807) is 24.3 Å². The van der Waals surface area contributed by atoms with E-state index in [4.69, 9.17) is 10.5 Å². The van der Waals surface area contributed by atoms with Gasteiger partial charge < -0.3 is 15.0 Å². The van der Waals surface area contributed by atoms with Gasteiger partial charge in [0.25, 0.3) is 0 Å². The predicted octanol–water partition coefficient (Wildman–Crippen LogP) is 4.22. The average Bonchev–Trinajstić information content (AvgIpc) is 2.95. The Morgan fingerprint density at radius 1 is 1.04 bits per heavy atom. The highest BCUT2D eigenvalue weighted by Crippen LogP contribution is 2.23. The lowest BCUT2D eigenvalue weighted by Crippen LogP contribution is -2.13. The molecule has 2 aromatic carbocycles. The topological polar surface area (TPSA) is 74.3 Å². The van der Waals surface area contributed by atoms with Crippen molar-refractivity contribution in [1.29, 1.82) is 0 Å². The number of rotatable bonds is 6. The molecule has 0 unspecified atom stereocenters. The maximum atomic E-state index is 12.6. The lowest BCUT2D eigenvalue weighted by molar-refractivity contribution is 0.0919. The summed E-state index contributed by atoms with van der Waals surface area (Å²) in [5, 5.41) is 0. The van der Waals surface area contributed by atoms with Gasteiger partial charge in [-0.25, -0.2) is 0 Å². The number of aryl methyl sites for hydroxylation is 1. The van der Waals surface area contributed by atoms with Crippen LogP contribution in [0.25, 0.3) is 5.69 Å².